The third kappa shape index (κ3) is 14.7. The highest BCUT2D eigenvalue weighted by Gasteiger charge is 2.35. The molecule has 0 saturated heterocycles. The molecule has 5 aromatic rings. The molecule has 0 bridgehead atoms. The number of aromatic nitrogens is 2. The fourth-order valence-corrected chi connectivity index (χ4v) is 6.57. The smallest absolute Gasteiger partial charge is 0.234 e. The second kappa shape index (κ2) is 26.3. The topological polar surface area (TPSA) is 81.6 Å². The summed E-state index contributed by atoms with van der Waals surface area (Å²) in [4.78, 5) is 11.0. The lowest BCUT2D eigenvalue weighted by Gasteiger charge is -2.37. The summed E-state index contributed by atoms with van der Waals surface area (Å²) in [5, 5.41) is 21.4. The van der Waals surface area contributed by atoms with Gasteiger partial charge in [0.15, 0.2) is 13.2 Å². The number of benzene rings is 3. The van der Waals surface area contributed by atoms with Gasteiger partial charge in [-0.1, -0.05) is 131 Å². The highest BCUT2D eigenvalue weighted by atomic mass is 16.7. The zero-order chi connectivity index (χ0) is 38.7. The van der Waals surface area contributed by atoms with E-state index in [0.29, 0.717) is 6.42 Å². The Kier molecular flexibility index (Phi) is 21.4. The van der Waals surface area contributed by atoms with Gasteiger partial charge in [0.05, 0.1) is 7.32 Å². The van der Waals surface area contributed by atoms with Crippen LogP contribution in [0.4, 0.5) is 0 Å². The van der Waals surface area contributed by atoms with Gasteiger partial charge in [0.1, 0.15) is 0 Å². The van der Waals surface area contributed by atoms with Crippen LogP contribution in [0.2, 0.25) is 0 Å². The van der Waals surface area contributed by atoms with E-state index in [-0.39, 0.29) is 12.0 Å². The Bertz CT molecular complexity index is 1510. The van der Waals surface area contributed by atoms with E-state index in [1.54, 1.807) is 0 Å². The second-order valence-corrected chi connectivity index (χ2v) is 13.1. The first kappa shape index (κ1) is 43.9. The van der Waals surface area contributed by atoms with Crippen LogP contribution in [0.15, 0.2) is 140 Å². The van der Waals surface area contributed by atoms with Crippen molar-refractivity contribution in [1.82, 2.24) is 0 Å². The van der Waals surface area contributed by atoms with Gasteiger partial charge in [0.2, 0.25) is 23.8 Å². The number of hydrogen-bond donors (Lipinski definition) is 0. The Morgan fingerprint density at radius 3 is 1.24 bits per heavy atom. The Hall–Kier alpha value is -4.50. The van der Waals surface area contributed by atoms with Crippen LogP contribution in [0.5, 0.6) is 0 Å². The molecule has 5 rings (SSSR count). The maximum Gasteiger partial charge on any atom is 0.234 e. The molecule has 2 aromatic heterocycles. The number of hydrogen-bond acceptors (Lipinski definition) is 5. The Morgan fingerprint density at radius 2 is 0.889 bits per heavy atom. The predicted molar refractivity (Wildman–Crippen MR) is 214 cm³/mol. The minimum atomic E-state index is -2.23. The average molecular weight is 733 g/mol. The maximum absolute atomic E-state index is 10.7. The SMILES string of the molecule is CCCCCc1cccc[n+]1OCC.CCCCCc1cccc[n+]1OCC.[O-]B([O-])OCCCC(c1ccccc1)(c1ccccc1)c1ccccc1. The molecule has 8 heteroatoms. The van der Waals surface area contributed by atoms with E-state index in [2.05, 4.69) is 74.5 Å². The Morgan fingerprint density at radius 1 is 0.500 bits per heavy atom. The third-order valence-electron chi connectivity index (χ3n) is 9.17. The molecular weight excluding hydrogens is 671 g/mol. The van der Waals surface area contributed by atoms with Crippen molar-refractivity contribution in [3.63, 3.8) is 0 Å². The van der Waals surface area contributed by atoms with Gasteiger partial charge < -0.3 is 14.7 Å². The van der Waals surface area contributed by atoms with E-state index < -0.39 is 7.32 Å². The zero-order valence-corrected chi connectivity index (χ0v) is 33.0. The molecule has 0 unspecified atom stereocenters. The van der Waals surface area contributed by atoms with Gasteiger partial charge in [-0.15, -0.1) is 0 Å². The third-order valence-corrected chi connectivity index (χ3v) is 9.17. The van der Waals surface area contributed by atoms with Crippen molar-refractivity contribution < 1.29 is 33.8 Å². The van der Waals surface area contributed by atoms with Gasteiger partial charge in [-0.3, -0.25) is 9.68 Å². The van der Waals surface area contributed by atoms with Crippen LogP contribution in [0.3, 0.4) is 0 Å². The first-order valence-corrected chi connectivity index (χ1v) is 19.9. The van der Waals surface area contributed by atoms with E-state index in [0.717, 1.165) is 32.5 Å². The minimum Gasteiger partial charge on any atom is -0.871 e. The van der Waals surface area contributed by atoms with Crippen molar-refractivity contribution in [1.29, 1.82) is 0 Å². The predicted octanol–water partition coefficient (Wildman–Crippen LogP) is 6.83. The molecule has 0 aliphatic heterocycles. The van der Waals surface area contributed by atoms with Crippen molar-refractivity contribution in [3.05, 3.63) is 168 Å². The van der Waals surface area contributed by atoms with Gasteiger partial charge in [-0.2, -0.15) is 0 Å². The largest absolute Gasteiger partial charge is 0.871 e. The number of aryl methyl sites for hydroxylation is 2. The van der Waals surface area contributed by atoms with Crippen LogP contribution in [0.25, 0.3) is 0 Å². The normalized spacial score (nSPS) is 10.7. The lowest BCUT2D eigenvalue weighted by atomic mass is 9.67. The van der Waals surface area contributed by atoms with E-state index >= 15 is 0 Å². The molecule has 3 aromatic carbocycles. The van der Waals surface area contributed by atoms with Crippen molar-refractivity contribution in [2.45, 2.75) is 97.3 Å². The summed E-state index contributed by atoms with van der Waals surface area (Å²) in [5.41, 5.74) is 5.70. The molecule has 0 N–H and O–H groups in total. The van der Waals surface area contributed by atoms with Crippen molar-refractivity contribution in [3.8, 4) is 0 Å². The maximum atomic E-state index is 10.7. The number of unbranched alkanes of at least 4 members (excludes halogenated alkanes) is 4. The number of rotatable bonds is 20. The summed E-state index contributed by atoms with van der Waals surface area (Å²) < 4.78 is 8.50. The summed E-state index contributed by atoms with van der Waals surface area (Å²) in [6, 6.07) is 43.4. The molecule has 2 heterocycles. The Labute approximate surface area is 325 Å². The van der Waals surface area contributed by atoms with Crippen molar-refractivity contribution in [2.75, 3.05) is 19.8 Å². The van der Waals surface area contributed by atoms with Gasteiger partial charge in [-0.25, -0.2) is 0 Å². The summed E-state index contributed by atoms with van der Waals surface area (Å²) in [5.74, 6) is 0. The van der Waals surface area contributed by atoms with E-state index in [9.17, 15) is 10.0 Å². The van der Waals surface area contributed by atoms with Crippen LogP contribution in [-0.2, 0) is 22.9 Å². The zero-order valence-electron chi connectivity index (χ0n) is 33.0. The summed E-state index contributed by atoms with van der Waals surface area (Å²) in [7, 11) is -2.23. The molecule has 0 spiro atoms. The molecule has 0 radical (unpaired) electrons. The molecule has 288 valence electrons. The van der Waals surface area contributed by atoms with E-state index in [1.165, 1.54) is 66.6 Å². The molecule has 0 atom stereocenters. The number of nitrogens with zero attached hydrogens (tertiary/aromatic N) is 2. The first-order valence-electron chi connectivity index (χ1n) is 19.9. The van der Waals surface area contributed by atoms with Gasteiger partial charge in [0, 0.05) is 58.6 Å². The lowest BCUT2D eigenvalue weighted by molar-refractivity contribution is -0.895. The minimum absolute atomic E-state index is 0.159. The van der Waals surface area contributed by atoms with Crippen LogP contribution >= 0.6 is 0 Å². The van der Waals surface area contributed by atoms with E-state index in [1.807, 2.05) is 102 Å². The van der Waals surface area contributed by atoms with Crippen LogP contribution < -0.4 is 29.2 Å². The van der Waals surface area contributed by atoms with Crippen molar-refractivity contribution in [2.24, 2.45) is 0 Å². The summed E-state index contributed by atoms with van der Waals surface area (Å²) >= 11 is 0. The van der Waals surface area contributed by atoms with Crippen LogP contribution in [0.1, 0.15) is 107 Å². The number of pyridine rings is 2. The first-order chi connectivity index (χ1) is 26.5. The fraction of sp³-hybridized carbons (Fsp3) is 0.391. The van der Waals surface area contributed by atoms with Gasteiger partial charge in [0.25, 0.3) is 0 Å². The quantitative estimate of drug-likeness (QED) is 0.0380. The highest BCUT2D eigenvalue weighted by Crippen LogP contribution is 2.42. The van der Waals surface area contributed by atoms with Crippen LogP contribution in [0, 0.1) is 0 Å². The lowest BCUT2D eigenvalue weighted by Crippen LogP contribution is -2.48. The fourth-order valence-electron chi connectivity index (χ4n) is 6.57. The average Bonchev–Trinajstić information content (AvgIpc) is 3.21. The van der Waals surface area contributed by atoms with E-state index in [4.69, 9.17) is 14.3 Å². The van der Waals surface area contributed by atoms with Gasteiger partial charge in [-0.05, 0) is 68.4 Å². The second-order valence-electron chi connectivity index (χ2n) is 13.1. The molecule has 0 aliphatic rings. The molecule has 54 heavy (non-hydrogen) atoms. The Balaban J connectivity index is 0.000000238. The molecule has 0 aliphatic carbocycles. The van der Waals surface area contributed by atoms with Gasteiger partial charge >= 0.3 is 0 Å². The molecule has 0 amide bonds. The monoisotopic (exact) mass is 732 g/mol. The highest BCUT2D eigenvalue weighted by molar-refractivity contribution is 6.28. The molecular formula is C46H61BN2O5. The summed E-state index contributed by atoms with van der Waals surface area (Å²) in [6.45, 7) is 10.1. The molecule has 0 saturated carbocycles. The van der Waals surface area contributed by atoms with Crippen molar-refractivity contribution >= 4 is 7.32 Å². The standard InChI is InChI=1S/C22H21BO3.2C12H20NO/c24-23(25)26-18-10-17-22(19-11-4-1-5-12-19,20-13-6-2-7-14-20)21-15-8-3-9-16-21;2*1-3-5-6-9-12-10-7-8-11-13(12)14-4-2/h1-9,11-16H,10,17-18H2;2*7-8,10-11H,3-6,9H2,1-2H3/q-2;2*+1. The molecule has 7 nitrogen and oxygen atoms in total. The summed E-state index contributed by atoms with van der Waals surface area (Å²) in [6.07, 6.45) is 15.1. The molecule has 0 fully saturated rings. The van der Waals surface area contributed by atoms with Crippen LogP contribution in [-0.4, -0.2) is 27.1 Å².